The Hall–Kier alpha value is -1.08. The summed E-state index contributed by atoms with van der Waals surface area (Å²) < 4.78 is 33.8. The van der Waals surface area contributed by atoms with Gasteiger partial charge in [0.1, 0.15) is 10.6 Å². The molecule has 1 atom stereocenters. The highest BCUT2D eigenvalue weighted by molar-refractivity contribution is 9.10. The van der Waals surface area contributed by atoms with Crippen molar-refractivity contribution in [3.05, 3.63) is 57.5 Å². The zero-order chi connectivity index (χ0) is 16.3. The predicted molar refractivity (Wildman–Crippen MR) is 90.9 cm³/mol. The molecule has 2 aromatic rings. The molecule has 1 N–H and O–H groups in total. The summed E-state index contributed by atoms with van der Waals surface area (Å²) in [5.41, 5.74) is 0.846. The van der Waals surface area contributed by atoms with Gasteiger partial charge in [0.25, 0.3) is 0 Å². The first kappa shape index (κ1) is 17.3. The smallest absolute Gasteiger partial charge is 0.244 e. The van der Waals surface area contributed by atoms with Crippen molar-refractivity contribution in [3.63, 3.8) is 0 Å². The lowest BCUT2D eigenvalue weighted by Gasteiger charge is -2.16. The van der Waals surface area contributed by atoms with Gasteiger partial charge in [-0.15, -0.1) is 0 Å². The summed E-state index contributed by atoms with van der Waals surface area (Å²) in [7, 11) is -2.34. The van der Waals surface area contributed by atoms with Gasteiger partial charge in [0, 0.05) is 15.5 Å². The molecule has 0 spiro atoms. The van der Waals surface area contributed by atoms with Crippen LogP contribution in [0.25, 0.3) is 0 Å². The first-order chi connectivity index (χ1) is 10.3. The molecule has 0 bridgehead atoms. The Morgan fingerprint density at radius 3 is 2.59 bits per heavy atom. The van der Waals surface area contributed by atoms with Crippen LogP contribution in [0.3, 0.4) is 0 Å². The SMILES string of the molecule is COc1ccc(Cl)cc1S(=O)(=O)N[C@@H](C)c1cccc(Br)c1. The number of sulfonamides is 1. The van der Waals surface area contributed by atoms with Crippen molar-refractivity contribution in [2.24, 2.45) is 0 Å². The fraction of sp³-hybridized carbons (Fsp3) is 0.200. The van der Waals surface area contributed by atoms with Crippen LogP contribution in [0.15, 0.2) is 51.8 Å². The van der Waals surface area contributed by atoms with Gasteiger partial charge in [0.05, 0.1) is 7.11 Å². The van der Waals surface area contributed by atoms with Crippen molar-refractivity contribution >= 4 is 37.6 Å². The second-order valence-corrected chi connectivity index (χ2v) is 7.73. The van der Waals surface area contributed by atoms with Crippen molar-refractivity contribution < 1.29 is 13.2 Å². The summed E-state index contributed by atoms with van der Waals surface area (Å²) in [5, 5.41) is 0.330. The van der Waals surface area contributed by atoms with Gasteiger partial charge in [-0.25, -0.2) is 13.1 Å². The number of halogens is 2. The topological polar surface area (TPSA) is 55.4 Å². The molecule has 22 heavy (non-hydrogen) atoms. The van der Waals surface area contributed by atoms with E-state index in [2.05, 4.69) is 20.7 Å². The van der Waals surface area contributed by atoms with Gasteiger partial charge in [0.2, 0.25) is 10.0 Å². The fourth-order valence-corrected chi connectivity index (χ4v) is 4.08. The molecule has 0 saturated carbocycles. The maximum atomic E-state index is 12.6. The normalized spacial score (nSPS) is 12.9. The van der Waals surface area contributed by atoms with Crippen LogP contribution in [0.2, 0.25) is 5.02 Å². The first-order valence-electron chi connectivity index (χ1n) is 6.45. The monoisotopic (exact) mass is 403 g/mol. The standard InChI is InChI=1S/C15H15BrClNO3S/c1-10(11-4-3-5-12(16)8-11)18-22(19,20)15-9-13(17)6-7-14(15)21-2/h3-10,18H,1-2H3/t10-/m0/s1. The molecule has 0 aliphatic carbocycles. The minimum atomic E-state index is -3.76. The number of ether oxygens (including phenoxy) is 1. The molecule has 118 valence electrons. The lowest BCUT2D eigenvalue weighted by Crippen LogP contribution is -2.27. The van der Waals surface area contributed by atoms with E-state index in [9.17, 15) is 8.42 Å². The summed E-state index contributed by atoms with van der Waals surface area (Å²) in [6, 6.07) is 11.5. The van der Waals surface area contributed by atoms with Crippen molar-refractivity contribution in [2.45, 2.75) is 17.9 Å². The van der Waals surface area contributed by atoms with Crippen molar-refractivity contribution in [2.75, 3.05) is 7.11 Å². The van der Waals surface area contributed by atoms with Crippen LogP contribution in [-0.4, -0.2) is 15.5 Å². The summed E-state index contributed by atoms with van der Waals surface area (Å²) in [6.07, 6.45) is 0. The Kier molecular flexibility index (Phi) is 5.50. The molecule has 0 radical (unpaired) electrons. The molecule has 4 nitrogen and oxygen atoms in total. The van der Waals surface area contributed by atoms with Crippen LogP contribution in [0.1, 0.15) is 18.5 Å². The highest BCUT2D eigenvalue weighted by Crippen LogP contribution is 2.28. The predicted octanol–water partition coefficient (Wildman–Crippen LogP) is 4.15. The third kappa shape index (κ3) is 4.01. The highest BCUT2D eigenvalue weighted by atomic mass is 79.9. The van der Waals surface area contributed by atoms with E-state index in [-0.39, 0.29) is 10.6 Å². The lowest BCUT2D eigenvalue weighted by molar-refractivity contribution is 0.402. The molecular formula is C15H15BrClNO3S. The number of nitrogens with one attached hydrogen (secondary N) is 1. The molecule has 0 unspecified atom stereocenters. The number of hydrogen-bond acceptors (Lipinski definition) is 3. The Labute approximate surface area is 143 Å². The number of methoxy groups -OCH3 is 1. The van der Waals surface area contributed by atoms with Crippen molar-refractivity contribution in [1.29, 1.82) is 0 Å². The van der Waals surface area contributed by atoms with E-state index in [1.54, 1.807) is 13.0 Å². The molecule has 0 saturated heterocycles. The number of hydrogen-bond donors (Lipinski definition) is 1. The van der Waals surface area contributed by atoms with Crippen LogP contribution in [-0.2, 0) is 10.0 Å². The summed E-state index contributed by atoms with van der Waals surface area (Å²) in [4.78, 5) is 0.0179. The molecule has 0 aliphatic rings. The fourth-order valence-electron chi connectivity index (χ4n) is 2.00. The van der Waals surface area contributed by atoms with E-state index in [0.717, 1.165) is 10.0 Å². The lowest BCUT2D eigenvalue weighted by atomic mass is 10.1. The Balaban J connectivity index is 2.33. The van der Waals surface area contributed by atoms with Crippen LogP contribution in [0.4, 0.5) is 0 Å². The van der Waals surface area contributed by atoms with Gasteiger partial charge in [-0.05, 0) is 42.8 Å². The zero-order valence-electron chi connectivity index (χ0n) is 12.0. The molecule has 2 rings (SSSR count). The van der Waals surface area contributed by atoms with Crippen LogP contribution < -0.4 is 9.46 Å². The summed E-state index contributed by atoms with van der Waals surface area (Å²) in [6.45, 7) is 1.77. The maximum Gasteiger partial charge on any atom is 0.244 e. The minimum Gasteiger partial charge on any atom is -0.495 e. The Bertz CT molecular complexity index is 780. The largest absolute Gasteiger partial charge is 0.495 e. The maximum absolute atomic E-state index is 12.6. The number of benzene rings is 2. The van der Waals surface area contributed by atoms with Gasteiger partial charge >= 0.3 is 0 Å². The van der Waals surface area contributed by atoms with E-state index >= 15 is 0 Å². The second kappa shape index (κ2) is 7.00. The Morgan fingerprint density at radius 2 is 1.95 bits per heavy atom. The molecule has 0 aliphatic heterocycles. The van der Waals surface area contributed by atoms with Gasteiger partial charge < -0.3 is 4.74 Å². The van der Waals surface area contributed by atoms with Crippen LogP contribution >= 0.6 is 27.5 Å². The molecular weight excluding hydrogens is 390 g/mol. The molecule has 0 heterocycles. The minimum absolute atomic E-state index is 0.0179. The van der Waals surface area contributed by atoms with Gasteiger partial charge in [-0.1, -0.05) is 39.7 Å². The first-order valence-corrected chi connectivity index (χ1v) is 9.10. The van der Waals surface area contributed by atoms with E-state index in [0.29, 0.717) is 5.02 Å². The van der Waals surface area contributed by atoms with Crippen molar-refractivity contribution in [1.82, 2.24) is 4.72 Å². The molecule has 7 heteroatoms. The van der Waals surface area contributed by atoms with Gasteiger partial charge in [-0.2, -0.15) is 0 Å². The van der Waals surface area contributed by atoms with Crippen LogP contribution in [0, 0.1) is 0 Å². The zero-order valence-corrected chi connectivity index (χ0v) is 15.2. The molecule has 2 aromatic carbocycles. The van der Waals surface area contributed by atoms with Gasteiger partial charge in [0.15, 0.2) is 0 Å². The quantitative estimate of drug-likeness (QED) is 0.814. The van der Waals surface area contributed by atoms with Crippen molar-refractivity contribution in [3.8, 4) is 5.75 Å². The highest BCUT2D eigenvalue weighted by Gasteiger charge is 2.23. The van der Waals surface area contributed by atoms with E-state index in [1.165, 1.54) is 19.2 Å². The average molecular weight is 405 g/mol. The summed E-state index contributed by atoms with van der Waals surface area (Å²) in [5.74, 6) is 0.248. The second-order valence-electron chi connectivity index (χ2n) is 4.69. The third-order valence-corrected chi connectivity index (χ3v) is 5.39. The Morgan fingerprint density at radius 1 is 1.23 bits per heavy atom. The van der Waals surface area contributed by atoms with Gasteiger partial charge in [-0.3, -0.25) is 0 Å². The number of rotatable bonds is 5. The van der Waals surface area contributed by atoms with E-state index < -0.39 is 16.1 Å². The third-order valence-electron chi connectivity index (χ3n) is 3.10. The molecule has 0 aromatic heterocycles. The average Bonchev–Trinajstić information content (AvgIpc) is 2.46. The molecule has 0 fully saturated rings. The van der Waals surface area contributed by atoms with E-state index in [1.807, 2.05) is 24.3 Å². The summed E-state index contributed by atoms with van der Waals surface area (Å²) >= 11 is 9.27. The van der Waals surface area contributed by atoms with E-state index in [4.69, 9.17) is 16.3 Å². The molecule has 0 amide bonds. The van der Waals surface area contributed by atoms with Crippen LogP contribution in [0.5, 0.6) is 5.75 Å².